The first-order valence-corrected chi connectivity index (χ1v) is 9.36. The van der Waals surface area contributed by atoms with E-state index in [1.165, 1.54) is 4.90 Å². The highest BCUT2D eigenvalue weighted by atomic mass is 79.9. The van der Waals surface area contributed by atoms with Crippen LogP contribution in [0.2, 0.25) is 0 Å². The van der Waals surface area contributed by atoms with Gasteiger partial charge in [0.15, 0.2) is 0 Å². The van der Waals surface area contributed by atoms with E-state index < -0.39 is 30.3 Å². The first kappa shape index (κ1) is 19.8. The summed E-state index contributed by atoms with van der Waals surface area (Å²) < 4.78 is 0.854. The van der Waals surface area contributed by atoms with Crippen LogP contribution >= 0.6 is 15.9 Å². The number of benzene rings is 2. The molecule has 1 aliphatic heterocycles. The molecule has 0 aliphatic carbocycles. The monoisotopic (exact) mass is 443 g/mol. The van der Waals surface area contributed by atoms with Crippen LogP contribution < -0.4 is 0 Å². The van der Waals surface area contributed by atoms with Gasteiger partial charge in [-0.3, -0.25) is 19.3 Å². The average molecular weight is 444 g/mol. The van der Waals surface area contributed by atoms with Gasteiger partial charge >= 0.3 is 17.8 Å². The van der Waals surface area contributed by atoms with Gasteiger partial charge in [-0.25, -0.2) is 9.69 Å². The number of amides is 5. The lowest BCUT2D eigenvalue weighted by molar-refractivity contribution is -0.145. The van der Waals surface area contributed by atoms with Crippen LogP contribution in [0.1, 0.15) is 11.1 Å². The molecule has 1 saturated heterocycles. The number of likely N-dealkylation sites (N-methyl/N-ethyl adjacent to an activating group) is 1. The Bertz CT molecular complexity index is 932. The van der Waals surface area contributed by atoms with Crippen LogP contribution in [0.5, 0.6) is 0 Å². The van der Waals surface area contributed by atoms with Crippen LogP contribution in [0.15, 0.2) is 59.1 Å². The van der Waals surface area contributed by atoms with E-state index in [2.05, 4.69) is 15.9 Å². The van der Waals surface area contributed by atoms with Crippen molar-refractivity contribution >= 4 is 39.7 Å². The minimum Gasteiger partial charge on any atom is -0.340 e. The zero-order valence-electron chi connectivity index (χ0n) is 15.2. The van der Waals surface area contributed by atoms with E-state index in [0.717, 1.165) is 20.5 Å². The molecule has 144 valence electrons. The normalized spacial score (nSPS) is 14.0. The summed E-state index contributed by atoms with van der Waals surface area (Å²) in [6.45, 7) is -0.185. The second-order valence-corrected chi connectivity index (χ2v) is 7.25. The Morgan fingerprint density at radius 3 is 2.21 bits per heavy atom. The largest absolute Gasteiger partial charge is 0.340 e. The van der Waals surface area contributed by atoms with Crippen molar-refractivity contribution in [3.8, 4) is 0 Å². The Kier molecular flexibility index (Phi) is 5.89. The highest BCUT2D eigenvalue weighted by molar-refractivity contribution is 9.10. The minimum absolute atomic E-state index is 0.0122. The van der Waals surface area contributed by atoms with E-state index in [-0.39, 0.29) is 6.54 Å². The van der Waals surface area contributed by atoms with Gasteiger partial charge in [0, 0.05) is 18.1 Å². The van der Waals surface area contributed by atoms with Crippen molar-refractivity contribution in [3.63, 3.8) is 0 Å². The van der Waals surface area contributed by atoms with Crippen LogP contribution in [-0.2, 0) is 27.5 Å². The number of carbonyl (C=O) groups is 4. The number of nitrogens with zero attached hydrogens (tertiary/aromatic N) is 3. The molecule has 0 N–H and O–H groups in total. The van der Waals surface area contributed by atoms with Crippen molar-refractivity contribution < 1.29 is 19.2 Å². The summed E-state index contributed by atoms with van der Waals surface area (Å²) in [5.41, 5.74) is 1.61. The van der Waals surface area contributed by atoms with Gasteiger partial charge in [-0.05, 0) is 17.2 Å². The lowest BCUT2D eigenvalue weighted by atomic mass is 10.2. The van der Waals surface area contributed by atoms with Gasteiger partial charge in [0.1, 0.15) is 6.54 Å². The Morgan fingerprint density at radius 1 is 0.929 bits per heavy atom. The number of hydrogen-bond donors (Lipinski definition) is 0. The Hall–Kier alpha value is -3.00. The predicted octanol–water partition coefficient (Wildman–Crippen LogP) is 2.40. The predicted molar refractivity (Wildman–Crippen MR) is 105 cm³/mol. The van der Waals surface area contributed by atoms with Gasteiger partial charge in [0.25, 0.3) is 0 Å². The maximum Gasteiger partial charge on any atom is 0.335 e. The molecule has 3 rings (SSSR count). The van der Waals surface area contributed by atoms with Gasteiger partial charge in [0.2, 0.25) is 5.91 Å². The zero-order chi connectivity index (χ0) is 20.3. The van der Waals surface area contributed by atoms with Crippen molar-refractivity contribution in [1.29, 1.82) is 0 Å². The standard InChI is InChI=1S/C20H18BrN3O4/c1-22(12-15-9-5-6-10-16(15)21)17(25)13-24-19(27)18(26)23(20(24)28)11-14-7-3-2-4-8-14/h2-10H,11-13H2,1H3. The molecule has 0 saturated carbocycles. The van der Waals surface area contributed by atoms with E-state index in [1.807, 2.05) is 30.3 Å². The second-order valence-electron chi connectivity index (χ2n) is 6.39. The van der Waals surface area contributed by atoms with Crippen LogP contribution in [-0.4, -0.2) is 52.0 Å². The summed E-state index contributed by atoms with van der Waals surface area (Å²) in [7, 11) is 1.58. The first-order valence-electron chi connectivity index (χ1n) is 8.57. The van der Waals surface area contributed by atoms with Gasteiger partial charge in [0.05, 0.1) is 6.54 Å². The molecule has 1 heterocycles. The maximum atomic E-state index is 12.5. The van der Waals surface area contributed by atoms with Crippen LogP contribution in [0.25, 0.3) is 0 Å². The maximum absolute atomic E-state index is 12.5. The van der Waals surface area contributed by atoms with Gasteiger partial charge < -0.3 is 4.90 Å². The lowest BCUT2D eigenvalue weighted by Gasteiger charge is -2.21. The third kappa shape index (κ3) is 4.12. The van der Waals surface area contributed by atoms with Crippen LogP contribution in [0, 0.1) is 0 Å². The van der Waals surface area contributed by atoms with Gasteiger partial charge in [-0.2, -0.15) is 0 Å². The number of imide groups is 2. The number of hydrogen-bond acceptors (Lipinski definition) is 4. The summed E-state index contributed by atoms with van der Waals surface area (Å²) in [5, 5.41) is 0. The Labute approximate surface area is 170 Å². The first-order chi connectivity index (χ1) is 13.4. The molecule has 0 unspecified atom stereocenters. The number of carbonyl (C=O) groups excluding carboxylic acids is 4. The molecule has 2 aromatic rings. The fourth-order valence-electron chi connectivity index (χ4n) is 2.82. The van der Waals surface area contributed by atoms with E-state index >= 15 is 0 Å². The zero-order valence-corrected chi connectivity index (χ0v) is 16.8. The fourth-order valence-corrected chi connectivity index (χ4v) is 3.23. The molecule has 2 aromatic carbocycles. The highest BCUT2D eigenvalue weighted by Crippen LogP contribution is 2.19. The topological polar surface area (TPSA) is 78.0 Å². The number of urea groups is 1. The summed E-state index contributed by atoms with van der Waals surface area (Å²) in [4.78, 5) is 52.4. The van der Waals surface area contributed by atoms with Crippen LogP contribution in [0.3, 0.4) is 0 Å². The van der Waals surface area contributed by atoms with Crippen molar-refractivity contribution in [1.82, 2.24) is 14.7 Å². The average Bonchev–Trinajstić information content (AvgIpc) is 2.88. The van der Waals surface area contributed by atoms with Gasteiger partial charge in [-0.15, -0.1) is 0 Å². The quantitative estimate of drug-likeness (QED) is 0.507. The highest BCUT2D eigenvalue weighted by Gasteiger charge is 2.45. The molecular formula is C20H18BrN3O4. The summed E-state index contributed by atoms with van der Waals surface area (Å²) in [6, 6.07) is 15.5. The summed E-state index contributed by atoms with van der Waals surface area (Å²) >= 11 is 3.42. The van der Waals surface area contributed by atoms with E-state index in [4.69, 9.17) is 0 Å². The third-order valence-electron chi connectivity index (χ3n) is 4.40. The molecule has 28 heavy (non-hydrogen) atoms. The molecule has 8 heteroatoms. The SMILES string of the molecule is CN(Cc1ccccc1Br)C(=O)CN1C(=O)C(=O)N(Cc2ccccc2)C1=O. The Balaban J connectivity index is 1.67. The second kappa shape index (κ2) is 8.35. The summed E-state index contributed by atoms with van der Waals surface area (Å²) in [5.74, 6) is -2.34. The molecule has 0 radical (unpaired) electrons. The molecule has 0 atom stereocenters. The third-order valence-corrected chi connectivity index (χ3v) is 5.18. The molecule has 0 spiro atoms. The van der Waals surface area contributed by atoms with Crippen molar-refractivity contribution in [3.05, 3.63) is 70.2 Å². The van der Waals surface area contributed by atoms with E-state index in [1.54, 1.807) is 31.3 Å². The Morgan fingerprint density at radius 2 is 1.54 bits per heavy atom. The van der Waals surface area contributed by atoms with Crippen LogP contribution in [0.4, 0.5) is 4.79 Å². The molecule has 5 amide bonds. The minimum atomic E-state index is -0.983. The van der Waals surface area contributed by atoms with Crippen molar-refractivity contribution in [2.45, 2.75) is 13.1 Å². The smallest absolute Gasteiger partial charge is 0.335 e. The van der Waals surface area contributed by atoms with Crippen molar-refractivity contribution in [2.75, 3.05) is 13.6 Å². The van der Waals surface area contributed by atoms with Gasteiger partial charge in [-0.1, -0.05) is 64.5 Å². The number of rotatable bonds is 6. The molecule has 0 bridgehead atoms. The van der Waals surface area contributed by atoms with Crippen molar-refractivity contribution in [2.24, 2.45) is 0 Å². The lowest BCUT2D eigenvalue weighted by Crippen LogP contribution is -2.42. The fraction of sp³-hybridized carbons (Fsp3) is 0.200. The summed E-state index contributed by atoms with van der Waals surface area (Å²) in [6.07, 6.45) is 0. The molecular weight excluding hydrogens is 426 g/mol. The number of halogens is 1. The molecule has 7 nitrogen and oxygen atoms in total. The van der Waals surface area contributed by atoms with E-state index in [0.29, 0.717) is 11.4 Å². The molecule has 1 fully saturated rings. The molecule has 1 aliphatic rings. The molecule has 0 aromatic heterocycles. The van der Waals surface area contributed by atoms with E-state index in [9.17, 15) is 19.2 Å².